The molecule has 0 saturated heterocycles. The van der Waals surface area contributed by atoms with Crippen LogP contribution in [0.5, 0.6) is 0 Å². The van der Waals surface area contributed by atoms with Crippen LogP contribution in [0.1, 0.15) is 70.3 Å². The molecule has 1 unspecified atom stereocenters. The zero-order chi connectivity index (χ0) is 20.6. The van der Waals surface area contributed by atoms with E-state index < -0.39 is 11.6 Å². The van der Waals surface area contributed by atoms with E-state index in [-0.39, 0.29) is 30.1 Å². The summed E-state index contributed by atoms with van der Waals surface area (Å²) < 4.78 is 5.39. The van der Waals surface area contributed by atoms with Gasteiger partial charge >= 0.3 is 11.9 Å². The summed E-state index contributed by atoms with van der Waals surface area (Å²) in [7, 11) is 0. The Balaban J connectivity index is 2.49. The van der Waals surface area contributed by atoms with Gasteiger partial charge in [-0.2, -0.15) is 5.48 Å². The van der Waals surface area contributed by atoms with Gasteiger partial charge in [-0.1, -0.05) is 32.9 Å². The van der Waals surface area contributed by atoms with Crippen molar-refractivity contribution < 1.29 is 24.0 Å². The fourth-order valence-electron chi connectivity index (χ4n) is 2.32. The minimum atomic E-state index is -0.535. The third-order valence-electron chi connectivity index (χ3n) is 3.75. The summed E-state index contributed by atoms with van der Waals surface area (Å²) in [5.74, 6) is -1.19. The third-order valence-corrected chi connectivity index (χ3v) is 3.75. The molecule has 0 saturated carbocycles. The number of hydrogen-bond acceptors (Lipinski definition) is 5. The van der Waals surface area contributed by atoms with Crippen LogP contribution in [-0.4, -0.2) is 23.4 Å². The molecule has 0 aliphatic rings. The summed E-state index contributed by atoms with van der Waals surface area (Å²) in [5, 5.41) is 0. The number of amides is 1. The van der Waals surface area contributed by atoms with Crippen molar-refractivity contribution in [3.8, 4) is 0 Å². The van der Waals surface area contributed by atoms with Gasteiger partial charge in [-0.25, -0.2) is 9.59 Å². The van der Waals surface area contributed by atoms with Gasteiger partial charge in [-0.3, -0.25) is 4.79 Å². The predicted octanol–water partition coefficient (Wildman–Crippen LogP) is 3.83. The maximum absolute atomic E-state index is 12.2. The fourth-order valence-corrected chi connectivity index (χ4v) is 2.32. The van der Waals surface area contributed by atoms with Crippen molar-refractivity contribution in [1.82, 2.24) is 5.48 Å². The number of benzene rings is 1. The molecule has 1 amide bonds. The molecule has 0 bridgehead atoms. The molecule has 1 aromatic carbocycles. The number of ether oxygens (including phenoxy) is 1. The molecule has 0 spiro atoms. The maximum atomic E-state index is 12.2. The molecule has 6 heteroatoms. The zero-order valence-electron chi connectivity index (χ0n) is 17.1. The van der Waals surface area contributed by atoms with Crippen LogP contribution < -0.4 is 5.48 Å². The Morgan fingerprint density at radius 2 is 1.78 bits per heavy atom. The van der Waals surface area contributed by atoms with E-state index in [9.17, 15) is 14.4 Å². The first-order valence-corrected chi connectivity index (χ1v) is 9.29. The SMILES string of the molecule is CC(CCC(=O)NOC(=O)C(C)C)Cc1cccc(C(=O)OC(C)(C)C)c1. The number of nitrogens with one attached hydrogen (secondary N) is 1. The summed E-state index contributed by atoms with van der Waals surface area (Å²) in [4.78, 5) is 40.0. The number of carbonyl (C=O) groups excluding carboxylic acids is 3. The molecular formula is C21H31NO5. The van der Waals surface area contributed by atoms with Crippen LogP contribution in [0.25, 0.3) is 0 Å². The van der Waals surface area contributed by atoms with Crippen molar-refractivity contribution in [2.75, 3.05) is 0 Å². The second kappa shape index (κ2) is 10.1. The van der Waals surface area contributed by atoms with E-state index in [4.69, 9.17) is 9.57 Å². The van der Waals surface area contributed by atoms with Gasteiger partial charge in [0.2, 0.25) is 0 Å². The van der Waals surface area contributed by atoms with Gasteiger partial charge in [0.25, 0.3) is 5.91 Å². The molecule has 0 aliphatic heterocycles. The van der Waals surface area contributed by atoms with Gasteiger partial charge in [-0.05, 0) is 57.2 Å². The topological polar surface area (TPSA) is 81.7 Å². The van der Waals surface area contributed by atoms with Gasteiger partial charge in [0.15, 0.2) is 0 Å². The van der Waals surface area contributed by atoms with E-state index in [2.05, 4.69) is 5.48 Å². The van der Waals surface area contributed by atoms with Gasteiger partial charge in [0, 0.05) is 6.42 Å². The van der Waals surface area contributed by atoms with E-state index in [1.54, 1.807) is 19.9 Å². The minimum Gasteiger partial charge on any atom is -0.456 e. The Hall–Kier alpha value is -2.37. The Bertz CT molecular complexity index is 661. The first-order chi connectivity index (χ1) is 12.5. The van der Waals surface area contributed by atoms with Crippen molar-refractivity contribution in [2.45, 2.75) is 66.4 Å². The second-order valence-electron chi connectivity index (χ2n) is 8.15. The van der Waals surface area contributed by atoms with Crippen molar-refractivity contribution in [1.29, 1.82) is 0 Å². The summed E-state index contributed by atoms with van der Waals surface area (Å²) >= 11 is 0. The predicted molar refractivity (Wildman–Crippen MR) is 103 cm³/mol. The van der Waals surface area contributed by atoms with Crippen LogP contribution in [0.3, 0.4) is 0 Å². The van der Waals surface area contributed by atoms with Crippen LogP contribution in [0.15, 0.2) is 24.3 Å². The van der Waals surface area contributed by atoms with Gasteiger partial charge in [-0.15, -0.1) is 0 Å². The lowest BCUT2D eigenvalue weighted by molar-refractivity contribution is -0.161. The molecule has 1 N–H and O–H groups in total. The molecular weight excluding hydrogens is 346 g/mol. The number of carbonyl (C=O) groups is 3. The van der Waals surface area contributed by atoms with Crippen LogP contribution in [0.4, 0.5) is 0 Å². The molecule has 0 aliphatic carbocycles. The molecule has 1 rings (SSSR count). The average molecular weight is 377 g/mol. The van der Waals surface area contributed by atoms with Crippen LogP contribution >= 0.6 is 0 Å². The lowest BCUT2D eigenvalue weighted by Gasteiger charge is -2.19. The number of hydroxylamine groups is 1. The Labute approximate surface area is 161 Å². The molecule has 6 nitrogen and oxygen atoms in total. The Kier molecular flexibility index (Phi) is 8.47. The normalized spacial score (nSPS) is 12.4. The molecule has 1 atom stereocenters. The highest BCUT2D eigenvalue weighted by Gasteiger charge is 2.18. The first kappa shape index (κ1) is 22.7. The molecule has 0 heterocycles. The molecule has 0 radical (unpaired) electrons. The van der Waals surface area contributed by atoms with Gasteiger partial charge in [0.1, 0.15) is 5.60 Å². The van der Waals surface area contributed by atoms with Crippen molar-refractivity contribution in [3.63, 3.8) is 0 Å². The average Bonchev–Trinajstić information content (AvgIpc) is 2.56. The van der Waals surface area contributed by atoms with Crippen molar-refractivity contribution >= 4 is 17.8 Å². The van der Waals surface area contributed by atoms with E-state index >= 15 is 0 Å². The first-order valence-electron chi connectivity index (χ1n) is 9.29. The van der Waals surface area contributed by atoms with Gasteiger partial charge < -0.3 is 9.57 Å². The van der Waals surface area contributed by atoms with Crippen molar-refractivity contribution in [2.24, 2.45) is 11.8 Å². The summed E-state index contributed by atoms with van der Waals surface area (Å²) in [6, 6.07) is 7.35. The highest BCUT2D eigenvalue weighted by molar-refractivity contribution is 5.89. The molecule has 1 aromatic rings. The fraction of sp³-hybridized carbons (Fsp3) is 0.571. The Morgan fingerprint density at radius 1 is 1.11 bits per heavy atom. The van der Waals surface area contributed by atoms with E-state index in [1.807, 2.05) is 45.9 Å². The van der Waals surface area contributed by atoms with E-state index in [0.29, 0.717) is 12.0 Å². The summed E-state index contributed by atoms with van der Waals surface area (Å²) in [5.41, 5.74) is 3.18. The zero-order valence-corrected chi connectivity index (χ0v) is 17.1. The minimum absolute atomic E-state index is 0.227. The molecule has 0 aromatic heterocycles. The standard InChI is InChI=1S/C21H31NO5/c1-14(2)19(24)27-22-18(23)11-10-15(3)12-16-8-7-9-17(13-16)20(25)26-21(4,5)6/h7-9,13-15H,10-12H2,1-6H3,(H,22,23). The lowest BCUT2D eigenvalue weighted by atomic mass is 9.95. The summed E-state index contributed by atoms with van der Waals surface area (Å²) in [6.45, 7) is 10.9. The third kappa shape index (κ3) is 9.22. The van der Waals surface area contributed by atoms with Gasteiger partial charge in [0.05, 0.1) is 11.5 Å². The summed E-state index contributed by atoms with van der Waals surface area (Å²) in [6.07, 6.45) is 1.63. The maximum Gasteiger partial charge on any atom is 0.338 e. The second-order valence-corrected chi connectivity index (χ2v) is 8.15. The smallest absolute Gasteiger partial charge is 0.338 e. The number of hydrogen-bond donors (Lipinski definition) is 1. The van der Waals surface area contributed by atoms with Crippen LogP contribution in [-0.2, 0) is 25.6 Å². The Morgan fingerprint density at radius 3 is 2.37 bits per heavy atom. The number of esters is 1. The molecule has 0 fully saturated rings. The molecule has 150 valence electrons. The lowest BCUT2D eigenvalue weighted by Crippen LogP contribution is -2.29. The van der Waals surface area contributed by atoms with E-state index in [0.717, 1.165) is 12.0 Å². The van der Waals surface area contributed by atoms with E-state index in [1.165, 1.54) is 0 Å². The highest BCUT2D eigenvalue weighted by atomic mass is 16.7. The largest absolute Gasteiger partial charge is 0.456 e. The van der Waals surface area contributed by atoms with Crippen LogP contribution in [0.2, 0.25) is 0 Å². The van der Waals surface area contributed by atoms with Crippen LogP contribution in [0, 0.1) is 11.8 Å². The monoisotopic (exact) mass is 377 g/mol. The van der Waals surface area contributed by atoms with Crippen molar-refractivity contribution in [3.05, 3.63) is 35.4 Å². The quantitative estimate of drug-likeness (QED) is 0.577. The number of rotatable bonds is 7. The molecule has 27 heavy (non-hydrogen) atoms. The highest BCUT2D eigenvalue weighted by Crippen LogP contribution is 2.17.